The molecule has 0 spiro atoms. The third kappa shape index (κ3) is 4.05. The van der Waals surface area contributed by atoms with E-state index in [4.69, 9.17) is 13.9 Å². The molecule has 0 bridgehead atoms. The summed E-state index contributed by atoms with van der Waals surface area (Å²) in [4.78, 5) is 27.8. The third-order valence-corrected chi connectivity index (χ3v) is 6.08. The van der Waals surface area contributed by atoms with Gasteiger partial charge in [0.15, 0.2) is 0 Å². The molecule has 3 aromatic rings. The fourth-order valence-corrected chi connectivity index (χ4v) is 4.28. The van der Waals surface area contributed by atoms with Crippen LogP contribution in [0.4, 0.5) is 0 Å². The lowest BCUT2D eigenvalue weighted by Gasteiger charge is -2.23. The van der Waals surface area contributed by atoms with Gasteiger partial charge in [-0.05, 0) is 73.9 Å². The number of methoxy groups -OCH3 is 2. The summed E-state index contributed by atoms with van der Waals surface area (Å²) in [6.45, 7) is 5.62. The van der Waals surface area contributed by atoms with Crippen LogP contribution in [0.2, 0.25) is 0 Å². The van der Waals surface area contributed by atoms with E-state index in [1.54, 1.807) is 57.5 Å². The van der Waals surface area contributed by atoms with E-state index < -0.39 is 17.7 Å². The second kappa shape index (κ2) is 9.09. The molecule has 1 aliphatic heterocycles. The molecule has 1 atom stereocenters. The first-order valence-electron chi connectivity index (χ1n) is 10.9. The molecule has 0 aliphatic carbocycles. The van der Waals surface area contributed by atoms with Crippen LogP contribution in [-0.4, -0.2) is 35.9 Å². The summed E-state index contributed by atoms with van der Waals surface area (Å²) in [6.07, 6.45) is 0. The highest BCUT2D eigenvalue weighted by Crippen LogP contribution is 2.42. The number of ether oxygens (including phenoxy) is 2. The van der Waals surface area contributed by atoms with Crippen molar-refractivity contribution in [3.8, 4) is 11.5 Å². The van der Waals surface area contributed by atoms with Gasteiger partial charge in [-0.15, -0.1) is 0 Å². The average molecular weight is 462 g/mol. The van der Waals surface area contributed by atoms with E-state index in [0.29, 0.717) is 28.6 Å². The Labute approximate surface area is 198 Å². The summed E-state index contributed by atoms with van der Waals surface area (Å²) in [7, 11) is 3.15. The van der Waals surface area contributed by atoms with E-state index in [9.17, 15) is 14.7 Å². The maximum Gasteiger partial charge on any atom is 0.296 e. The molecule has 34 heavy (non-hydrogen) atoms. The Morgan fingerprint density at radius 3 is 2.26 bits per heavy atom. The van der Waals surface area contributed by atoms with Gasteiger partial charge in [-0.2, -0.15) is 0 Å². The minimum Gasteiger partial charge on any atom is -0.507 e. The van der Waals surface area contributed by atoms with Gasteiger partial charge in [0.1, 0.15) is 34.8 Å². The van der Waals surface area contributed by atoms with Crippen molar-refractivity contribution in [1.29, 1.82) is 0 Å². The Morgan fingerprint density at radius 1 is 0.971 bits per heavy atom. The lowest BCUT2D eigenvalue weighted by Crippen LogP contribution is -2.29. The maximum absolute atomic E-state index is 13.2. The van der Waals surface area contributed by atoms with Gasteiger partial charge in [-0.3, -0.25) is 9.59 Å². The number of aliphatic hydroxyl groups is 1. The molecule has 0 saturated carbocycles. The third-order valence-electron chi connectivity index (χ3n) is 6.08. The van der Waals surface area contributed by atoms with E-state index in [1.165, 1.54) is 4.90 Å². The number of Topliss-reactive ketones (excluding diaryl/α,β-unsaturated/α-hetero) is 1. The Bertz CT molecular complexity index is 1280. The first-order chi connectivity index (χ1) is 16.2. The van der Waals surface area contributed by atoms with Crippen LogP contribution in [0.5, 0.6) is 11.5 Å². The highest BCUT2D eigenvalue weighted by atomic mass is 16.5. The lowest BCUT2D eigenvalue weighted by atomic mass is 9.95. The number of ketones is 1. The summed E-state index contributed by atoms with van der Waals surface area (Å²) in [5.74, 6) is 0.730. The molecule has 4 rings (SSSR count). The van der Waals surface area contributed by atoms with Crippen molar-refractivity contribution >= 4 is 17.4 Å². The molecule has 1 unspecified atom stereocenters. The zero-order valence-corrected chi connectivity index (χ0v) is 19.8. The van der Waals surface area contributed by atoms with E-state index in [1.807, 2.05) is 26.0 Å². The number of furan rings is 1. The number of nitrogens with zero attached hydrogens (tertiary/aromatic N) is 1. The summed E-state index contributed by atoms with van der Waals surface area (Å²) >= 11 is 0. The highest BCUT2D eigenvalue weighted by Gasteiger charge is 2.47. The largest absolute Gasteiger partial charge is 0.507 e. The molecule has 2 heterocycles. The smallest absolute Gasteiger partial charge is 0.296 e. The number of rotatable bonds is 6. The fraction of sp³-hybridized carbons (Fsp3) is 0.259. The normalized spacial score (nSPS) is 17.3. The van der Waals surface area contributed by atoms with Crippen molar-refractivity contribution in [2.45, 2.75) is 33.4 Å². The van der Waals surface area contributed by atoms with Crippen LogP contribution in [0, 0.1) is 20.8 Å². The van der Waals surface area contributed by atoms with Crippen molar-refractivity contribution in [2.24, 2.45) is 0 Å². The number of aryl methyl sites for hydroxylation is 3. The van der Waals surface area contributed by atoms with Gasteiger partial charge < -0.3 is 23.9 Å². The molecule has 1 saturated heterocycles. The molecule has 1 N–H and O–H groups in total. The van der Waals surface area contributed by atoms with E-state index >= 15 is 0 Å². The molecule has 0 radical (unpaired) electrons. The van der Waals surface area contributed by atoms with Gasteiger partial charge in [0, 0.05) is 12.1 Å². The quantitative estimate of drug-likeness (QED) is 0.321. The molecular weight excluding hydrogens is 434 g/mol. The van der Waals surface area contributed by atoms with Crippen molar-refractivity contribution < 1.29 is 28.6 Å². The van der Waals surface area contributed by atoms with E-state index in [-0.39, 0.29) is 17.9 Å². The van der Waals surface area contributed by atoms with Crippen LogP contribution < -0.4 is 9.47 Å². The van der Waals surface area contributed by atoms with Gasteiger partial charge in [0.25, 0.3) is 11.7 Å². The second-order valence-corrected chi connectivity index (χ2v) is 8.36. The number of hydrogen-bond acceptors (Lipinski definition) is 6. The van der Waals surface area contributed by atoms with Crippen LogP contribution in [0.3, 0.4) is 0 Å². The molecule has 176 valence electrons. The Balaban J connectivity index is 1.85. The summed E-state index contributed by atoms with van der Waals surface area (Å²) < 4.78 is 16.4. The van der Waals surface area contributed by atoms with Crippen LogP contribution in [0.25, 0.3) is 5.76 Å². The molecule has 1 fully saturated rings. The van der Waals surface area contributed by atoms with E-state index in [2.05, 4.69) is 0 Å². The van der Waals surface area contributed by atoms with Crippen LogP contribution in [0.1, 0.15) is 39.8 Å². The Morgan fingerprint density at radius 2 is 1.68 bits per heavy atom. The van der Waals surface area contributed by atoms with Crippen molar-refractivity contribution in [1.82, 2.24) is 4.90 Å². The number of carbonyl (C=O) groups is 2. The Hall–Kier alpha value is -4.00. The van der Waals surface area contributed by atoms with Gasteiger partial charge in [-0.25, -0.2) is 0 Å². The van der Waals surface area contributed by atoms with Crippen LogP contribution in [0.15, 0.2) is 58.5 Å². The monoisotopic (exact) mass is 461 g/mol. The fourth-order valence-electron chi connectivity index (χ4n) is 4.28. The lowest BCUT2D eigenvalue weighted by molar-refractivity contribution is -0.140. The zero-order chi connectivity index (χ0) is 24.6. The summed E-state index contributed by atoms with van der Waals surface area (Å²) in [6, 6.07) is 13.4. The number of benzene rings is 2. The molecule has 1 amide bonds. The minimum atomic E-state index is -0.863. The molecule has 1 aromatic heterocycles. The molecular formula is C27H27NO6. The topological polar surface area (TPSA) is 89.2 Å². The number of carbonyl (C=O) groups excluding carboxylic acids is 2. The SMILES string of the molecule is COc1ccc(CN2C(=O)C(=O)/C(=C(/O)c3cc(C)c(OC)cc3C)C2c2ccc(C)o2)cc1. The van der Waals surface area contributed by atoms with Gasteiger partial charge in [0.05, 0.1) is 19.8 Å². The van der Waals surface area contributed by atoms with Crippen molar-refractivity contribution in [2.75, 3.05) is 14.2 Å². The number of amides is 1. The van der Waals surface area contributed by atoms with Crippen molar-refractivity contribution in [3.63, 3.8) is 0 Å². The predicted molar refractivity (Wildman–Crippen MR) is 127 cm³/mol. The minimum absolute atomic E-state index is 0.000489. The van der Waals surface area contributed by atoms with Crippen molar-refractivity contribution in [3.05, 3.63) is 87.9 Å². The number of likely N-dealkylation sites (tertiary alicyclic amines) is 1. The zero-order valence-electron chi connectivity index (χ0n) is 19.8. The van der Waals surface area contributed by atoms with Crippen LogP contribution >= 0.6 is 0 Å². The van der Waals surface area contributed by atoms with E-state index in [0.717, 1.165) is 16.7 Å². The maximum atomic E-state index is 13.2. The second-order valence-electron chi connectivity index (χ2n) is 8.36. The Kier molecular flexibility index (Phi) is 6.20. The average Bonchev–Trinajstić information content (AvgIpc) is 3.36. The summed E-state index contributed by atoms with van der Waals surface area (Å²) in [5.41, 5.74) is 2.80. The van der Waals surface area contributed by atoms with Gasteiger partial charge in [0.2, 0.25) is 0 Å². The van der Waals surface area contributed by atoms with Crippen LogP contribution in [-0.2, 0) is 16.1 Å². The van der Waals surface area contributed by atoms with Gasteiger partial charge >= 0.3 is 0 Å². The molecule has 2 aromatic carbocycles. The van der Waals surface area contributed by atoms with Gasteiger partial charge in [-0.1, -0.05) is 12.1 Å². The first kappa shape index (κ1) is 23.2. The number of hydrogen-bond donors (Lipinski definition) is 1. The molecule has 1 aliphatic rings. The summed E-state index contributed by atoms with van der Waals surface area (Å²) in [5, 5.41) is 11.3. The molecule has 7 nitrogen and oxygen atoms in total. The highest BCUT2D eigenvalue weighted by molar-refractivity contribution is 6.46. The standard InChI is InChI=1S/C27H27NO6/c1-15-13-22(33-5)16(2)12-20(15)25(29)23-24(21-11-6-17(3)34-21)28(27(31)26(23)30)14-18-7-9-19(32-4)10-8-18/h6-13,24,29H,14H2,1-5H3/b25-23+. The predicted octanol–water partition coefficient (Wildman–Crippen LogP) is 4.84. The first-order valence-corrected chi connectivity index (χ1v) is 10.9. The number of aliphatic hydroxyl groups excluding tert-OH is 1. The molecule has 7 heteroatoms.